The molecule has 0 unspecified atom stereocenters. The zero-order chi connectivity index (χ0) is 22.5. The number of nitrogens with one attached hydrogen (secondary N) is 1. The molecule has 1 N–H and O–H groups in total. The summed E-state index contributed by atoms with van der Waals surface area (Å²) in [5.41, 5.74) is 4.28. The Balaban J connectivity index is 2.01. The molecule has 0 aromatic heterocycles. The number of urea groups is 1. The van der Waals surface area contributed by atoms with Crippen LogP contribution in [0.2, 0.25) is 0 Å². The van der Waals surface area contributed by atoms with Gasteiger partial charge in [-0.3, -0.25) is 0 Å². The Morgan fingerprint density at radius 3 is 2.29 bits per heavy atom. The predicted octanol–water partition coefficient (Wildman–Crippen LogP) is 7.49. The van der Waals surface area contributed by atoms with Gasteiger partial charge in [0.15, 0.2) is 0 Å². The maximum Gasteiger partial charge on any atom is 0.322 e. The summed E-state index contributed by atoms with van der Waals surface area (Å²) < 4.78 is 5.77. The summed E-state index contributed by atoms with van der Waals surface area (Å²) in [5, 5.41) is 3.12. The average molecular weight is 425 g/mol. The van der Waals surface area contributed by atoms with Crippen LogP contribution in [-0.2, 0) is 6.54 Å². The smallest absolute Gasteiger partial charge is 0.322 e. The number of carbonyl (C=O) groups is 1. The standard InChI is InChI=1S/C27H40N2O2/c1-5-7-9-10-11-18-29(27(30)28-26-17-12-22(3)20-23(26)4)21-24-13-15-25(16-14-24)31-19-8-6-2/h12-17,20H,5-11,18-19,21H2,1-4H3,(H,28,30). The molecule has 0 aliphatic carbocycles. The molecular formula is C27H40N2O2. The van der Waals surface area contributed by atoms with E-state index in [4.69, 9.17) is 4.74 Å². The minimum absolute atomic E-state index is 0.0364. The molecule has 0 spiro atoms. The van der Waals surface area contributed by atoms with Crippen molar-refractivity contribution in [3.63, 3.8) is 0 Å². The Morgan fingerprint density at radius 2 is 1.61 bits per heavy atom. The molecular weight excluding hydrogens is 384 g/mol. The number of anilines is 1. The van der Waals surface area contributed by atoms with Crippen LogP contribution in [0.1, 0.15) is 75.5 Å². The van der Waals surface area contributed by atoms with Gasteiger partial charge in [0.25, 0.3) is 0 Å². The summed E-state index contributed by atoms with van der Waals surface area (Å²) in [5.74, 6) is 0.892. The van der Waals surface area contributed by atoms with E-state index in [0.29, 0.717) is 6.54 Å². The SMILES string of the molecule is CCCCCCCN(Cc1ccc(OCCCC)cc1)C(=O)Nc1ccc(C)cc1C. The molecule has 0 aliphatic rings. The molecule has 4 heteroatoms. The predicted molar refractivity (Wildman–Crippen MR) is 131 cm³/mol. The Morgan fingerprint density at radius 1 is 0.903 bits per heavy atom. The number of carbonyl (C=O) groups excluding carboxylic acids is 1. The zero-order valence-electron chi connectivity index (χ0n) is 19.9. The number of ether oxygens (including phenoxy) is 1. The number of amides is 2. The summed E-state index contributed by atoms with van der Waals surface area (Å²) in [6.45, 7) is 10.6. The third-order valence-electron chi connectivity index (χ3n) is 5.51. The van der Waals surface area contributed by atoms with Crippen LogP contribution < -0.4 is 10.1 Å². The van der Waals surface area contributed by atoms with Crippen LogP contribution >= 0.6 is 0 Å². The summed E-state index contributed by atoms with van der Waals surface area (Å²) in [6.07, 6.45) is 8.08. The normalized spacial score (nSPS) is 10.7. The van der Waals surface area contributed by atoms with E-state index in [0.717, 1.165) is 61.4 Å². The fourth-order valence-electron chi connectivity index (χ4n) is 3.55. The highest BCUT2D eigenvalue weighted by Crippen LogP contribution is 2.19. The molecule has 2 amide bonds. The van der Waals surface area contributed by atoms with E-state index in [2.05, 4.69) is 44.3 Å². The van der Waals surface area contributed by atoms with E-state index < -0.39 is 0 Å². The second-order valence-electron chi connectivity index (χ2n) is 8.43. The minimum atomic E-state index is -0.0364. The van der Waals surface area contributed by atoms with Crippen molar-refractivity contribution < 1.29 is 9.53 Å². The van der Waals surface area contributed by atoms with Crippen LogP contribution in [0.15, 0.2) is 42.5 Å². The Kier molecular flexibility index (Phi) is 11.0. The number of hydrogen-bond acceptors (Lipinski definition) is 2. The number of aryl methyl sites for hydroxylation is 2. The first-order chi connectivity index (χ1) is 15.0. The maximum atomic E-state index is 13.1. The molecule has 0 atom stereocenters. The fourth-order valence-corrected chi connectivity index (χ4v) is 3.55. The van der Waals surface area contributed by atoms with Crippen LogP contribution in [0.3, 0.4) is 0 Å². The summed E-state index contributed by atoms with van der Waals surface area (Å²) in [4.78, 5) is 15.0. The van der Waals surface area contributed by atoms with Crippen molar-refractivity contribution in [1.29, 1.82) is 0 Å². The lowest BCUT2D eigenvalue weighted by Gasteiger charge is -2.24. The number of nitrogens with zero attached hydrogens (tertiary/aromatic N) is 1. The highest BCUT2D eigenvalue weighted by atomic mass is 16.5. The van der Waals surface area contributed by atoms with E-state index in [-0.39, 0.29) is 6.03 Å². The zero-order valence-corrected chi connectivity index (χ0v) is 19.9. The number of rotatable bonds is 13. The monoisotopic (exact) mass is 424 g/mol. The first-order valence-corrected chi connectivity index (χ1v) is 11.9. The van der Waals surface area contributed by atoms with Gasteiger partial charge < -0.3 is 15.0 Å². The van der Waals surface area contributed by atoms with E-state index in [1.807, 2.05) is 36.1 Å². The molecule has 0 heterocycles. The van der Waals surface area contributed by atoms with Gasteiger partial charge in [0, 0.05) is 18.8 Å². The van der Waals surface area contributed by atoms with Crippen LogP contribution in [0.4, 0.5) is 10.5 Å². The molecule has 0 aliphatic heterocycles. The molecule has 31 heavy (non-hydrogen) atoms. The van der Waals surface area contributed by atoms with Crippen molar-refractivity contribution >= 4 is 11.7 Å². The molecule has 2 rings (SSSR count). The van der Waals surface area contributed by atoms with Gasteiger partial charge in [0.2, 0.25) is 0 Å². The molecule has 0 fully saturated rings. The molecule has 0 saturated heterocycles. The lowest BCUT2D eigenvalue weighted by molar-refractivity contribution is 0.207. The second-order valence-corrected chi connectivity index (χ2v) is 8.43. The van der Waals surface area contributed by atoms with Crippen molar-refractivity contribution in [3.05, 3.63) is 59.2 Å². The van der Waals surface area contributed by atoms with Gasteiger partial charge in [-0.15, -0.1) is 0 Å². The quantitative estimate of drug-likeness (QED) is 0.338. The van der Waals surface area contributed by atoms with Gasteiger partial charge in [-0.05, 0) is 56.0 Å². The lowest BCUT2D eigenvalue weighted by atomic mass is 10.1. The van der Waals surface area contributed by atoms with Crippen LogP contribution in [0.25, 0.3) is 0 Å². The highest BCUT2D eigenvalue weighted by molar-refractivity contribution is 5.90. The van der Waals surface area contributed by atoms with Crippen molar-refractivity contribution in [2.45, 2.75) is 79.2 Å². The van der Waals surface area contributed by atoms with Gasteiger partial charge >= 0.3 is 6.03 Å². The van der Waals surface area contributed by atoms with Crippen molar-refractivity contribution in [1.82, 2.24) is 4.90 Å². The Labute approximate surface area is 189 Å². The molecule has 4 nitrogen and oxygen atoms in total. The van der Waals surface area contributed by atoms with E-state index in [9.17, 15) is 4.79 Å². The summed E-state index contributed by atoms with van der Waals surface area (Å²) >= 11 is 0. The van der Waals surface area contributed by atoms with E-state index >= 15 is 0 Å². The molecule has 0 bridgehead atoms. The van der Waals surface area contributed by atoms with Crippen molar-refractivity contribution in [2.75, 3.05) is 18.5 Å². The third kappa shape index (κ3) is 9.04. The average Bonchev–Trinajstić information content (AvgIpc) is 2.76. The topological polar surface area (TPSA) is 41.6 Å². The van der Waals surface area contributed by atoms with E-state index in [1.165, 1.54) is 24.8 Å². The Bertz CT molecular complexity index is 786. The minimum Gasteiger partial charge on any atom is -0.494 e. The summed E-state index contributed by atoms with van der Waals surface area (Å²) in [7, 11) is 0. The molecule has 0 radical (unpaired) electrons. The van der Waals surface area contributed by atoms with Gasteiger partial charge in [0.1, 0.15) is 5.75 Å². The van der Waals surface area contributed by atoms with Crippen molar-refractivity contribution in [3.8, 4) is 5.75 Å². The fraction of sp³-hybridized carbons (Fsp3) is 0.519. The lowest BCUT2D eigenvalue weighted by Crippen LogP contribution is -2.35. The van der Waals surface area contributed by atoms with Crippen LogP contribution in [0, 0.1) is 13.8 Å². The van der Waals surface area contributed by atoms with Gasteiger partial charge in [0.05, 0.1) is 6.61 Å². The molecule has 170 valence electrons. The Hall–Kier alpha value is -2.49. The third-order valence-corrected chi connectivity index (χ3v) is 5.51. The molecule has 0 saturated carbocycles. The number of hydrogen-bond donors (Lipinski definition) is 1. The molecule has 2 aromatic rings. The van der Waals surface area contributed by atoms with Crippen LogP contribution in [0.5, 0.6) is 5.75 Å². The van der Waals surface area contributed by atoms with E-state index in [1.54, 1.807) is 0 Å². The number of benzene rings is 2. The first-order valence-electron chi connectivity index (χ1n) is 11.9. The van der Waals surface area contributed by atoms with Gasteiger partial charge in [-0.2, -0.15) is 0 Å². The van der Waals surface area contributed by atoms with Crippen LogP contribution in [-0.4, -0.2) is 24.1 Å². The summed E-state index contributed by atoms with van der Waals surface area (Å²) in [6, 6.07) is 14.2. The first kappa shape index (κ1) is 24.8. The molecule has 2 aromatic carbocycles. The maximum absolute atomic E-state index is 13.1. The second kappa shape index (κ2) is 13.7. The number of unbranched alkanes of at least 4 members (excludes halogenated alkanes) is 5. The highest BCUT2D eigenvalue weighted by Gasteiger charge is 2.15. The van der Waals surface area contributed by atoms with Gasteiger partial charge in [-0.25, -0.2) is 4.79 Å². The van der Waals surface area contributed by atoms with Crippen molar-refractivity contribution in [2.24, 2.45) is 0 Å². The largest absolute Gasteiger partial charge is 0.494 e. The van der Waals surface area contributed by atoms with Gasteiger partial charge in [-0.1, -0.05) is 75.8 Å².